The van der Waals surface area contributed by atoms with Gasteiger partial charge in [0.1, 0.15) is 17.5 Å². The molecule has 190 valence electrons. The van der Waals surface area contributed by atoms with Crippen LogP contribution in [-0.2, 0) is 6.42 Å². The first-order valence-electron chi connectivity index (χ1n) is 12.5. The predicted octanol–water partition coefficient (Wildman–Crippen LogP) is 3.82. The molecule has 36 heavy (non-hydrogen) atoms. The SMILES string of the molecule is CC1=CC(Nc2cc(N3CCN(CCN(C)C)CC3)nc(Oc3ccc4c(c3F)C=C(C)C4)n2)=NC1. The molecular formula is C27H34FN7O. The van der Waals surface area contributed by atoms with Crippen LogP contribution in [0.15, 0.2) is 40.4 Å². The summed E-state index contributed by atoms with van der Waals surface area (Å²) in [5, 5.41) is 3.28. The first kappa shape index (κ1) is 24.4. The van der Waals surface area contributed by atoms with Gasteiger partial charge in [0.2, 0.25) is 0 Å². The molecule has 0 unspecified atom stereocenters. The molecule has 0 bridgehead atoms. The smallest absolute Gasteiger partial charge is 0.326 e. The Morgan fingerprint density at radius 3 is 2.58 bits per heavy atom. The van der Waals surface area contributed by atoms with Crippen molar-refractivity contribution in [2.24, 2.45) is 4.99 Å². The molecule has 1 aromatic heterocycles. The summed E-state index contributed by atoms with van der Waals surface area (Å²) >= 11 is 0. The van der Waals surface area contributed by atoms with E-state index in [0.29, 0.717) is 17.9 Å². The highest BCUT2D eigenvalue weighted by Crippen LogP contribution is 2.34. The number of aromatic nitrogens is 2. The highest BCUT2D eigenvalue weighted by atomic mass is 19.1. The van der Waals surface area contributed by atoms with E-state index in [2.05, 4.69) is 49.1 Å². The molecule has 0 atom stereocenters. The molecule has 9 heteroatoms. The molecule has 1 aliphatic carbocycles. The molecule has 5 rings (SSSR count). The number of fused-ring (bicyclic) bond motifs is 1. The maximum absolute atomic E-state index is 15.2. The number of ether oxygens (including phenoxy) is 1. The summed E-state index contributed by atoms with van der Waals surface area (Å²) in [5.41, 5.74) is 3.88. The van der Waals surface area contributed by atoms with E-state index in [1.807, 2.05) is 38.1 Å². The van der Waals surface area contributed by atoms with Crippen molar-refractivity contribution in [2.75, 3.05) is 70.1 Å². The fourth-order valence-electron chi connectivity index (χ4n) is 4.67. The molecule has 3 aliphatic rings. The van der Waals surface area contributed by atoms with E-state index in [0.717, 1.165) is 68.5 Å². The van der Waals surface area contributed by atoms with Crippen LogP contribution in [0.4, 0.5) is 16.0 Å². The Labute approximate surface area is 212 Å². The van der Waals surface area contributed by atoms with E-state index >= 15 is 4.39 Å². The van der Waals surface area contributed by atoms with Crippen molar-refractivity contribution in [1.29, 1.82) is 0 Å². The van der Waals surface area contributed by atoms with Crippen LogP contribution >= 0.6 is 0 Å². The van der Waals surface area contributed by atoms with Crippen LogP contribution in [0.25, 0.3) is 6.08 Å². The number of halogens is 1. The third kappa shape index (κ3) is 5.57. The number of amidine groups is 1. The molecule has 8 nitrogen and oxygen atoms in total. The van der Waals surface area contributed by atoms with Gasteiger partial charge in [-0.1, -0.05) is 17.7 Å². The average molecular weight is 492 g/mol. The molecule has 1 aromatic carbocycles. The Morgan fingerprint density at radius 2 is 1.86 bits per heavy atom. The second kappa shape index (κ2) is 10.4. The van der Waals surface area contributed by atoms with Crippen molar-refractivity contribution in [1.82, 2.24) is 19.8 Å². The lowest BCUT2D eigenvalue weighted by Crippen LogP contribution is -2.48. The molecule has 2 aromatic rings. The van der Waals surface area contributed by atoms with Gasteiger partial charge in [0.25, 0.3) is 0 Å². The largest absolute Gasteiger partial charge is 0.421 e. The Bertz CT molecular complexity index is 1230. The zero-order valence-electron chi connectivity index (χ0n) is 21.5. The minimum atomic E-state index is -0.374. The normalized spacial score (nSPS) is 17.7. The van der Waals surface area contributed by atoms with E-state index in [9.17, 15) is 0 Å². The molecule has 0 saturated carbocycles. The van der Waals surface area contributed by atoms with Crippen LogP contribution in [-0.4, -0.2) is 85.5 Å². The Kier molecular flexibility index (Phi) is 7.02. The van der Waals surface area contributed by atoms with Gasteiger partial charge < -0.3 is 19.9 Å². The molecule has 3 heterocycles. The minimum absolute atomic E-state index is 0.113. The maximum atomic E-state index is 15.2. The van der Waals surface area contributed by atoms with Crippen LogP contribution in [0.2, 0.25) is 0 Å². The number of likely N-dealkylation sites (N-methyl/N-ethyl adjacent to an activating group) is 1. The number of hydrogen-bond donors (Lipinski definition) is 1. The average Bonchev–Trinajstić information content (AvgIpc) is 3.44. The summed E-state index contributed by atoms with van der Waals surface area (Å²) in [6.45, 7) is 10.4. The second-order valence-corrected chi connectivity index (χ2v) is 10.1. The summed E-state index contributed by atoms with van der Waals surface area (Å²) in [4.78, 5) is 20.6. The van der Waals surface area contributed by atoms with Crippen LogP contribution in [0.5, 0.6) is 11.8 Å². The van der Waals surface area contributed by atoms with Gasteiger partial charge in [0, 0.05) is 50.9 Å². The van der Waals surface area contributed by atoms with E-state index < -0.39 is 0 Å². The molecule has 1 saturated heterocycles. The first-order valence-corrected chi connectivity index (χ1v) is 12.5. The van der Waals surface area contributed by atoms with E-state index in [1.165, 1.54) is 5.57 Å². The van der Waals surface area contributed by atoms with Gasteiger partial charge in [-0.25, -0.2) is 4.39 Å². The molecule has 1 fully saturated rings. The van der Waals surface area contributed by atoms with Crippen molar-refractivity contribution >= 4 is 23.5 Å². The van der Waals surface area contributed by atoms with Crippen molar-refractivity contribution in [3.8, 4) is 11.8 Å². The molecule has 0 spiro atoms. The van der Waals surface area contributed by atoms with Crippen LogP contribution in [0, 0.1) is 5.82 Å². The molecule has 2 aliphatic heterocycles. The van der Waals surface area contributed by atoms with E-state index in [-0.39, 0.29) is 17.6 Å². The van der Waals surface area contributed by atoms with Gasteiger partial charge in [-0.15, -0.1) is 0 Å². The number of rotatable bonds is 7. The minimum Gasteiger partial charge on any atom is -0.421 e. The molecule has 0 amide bonds. The fraction of sp³-hybridized carbons (Fsp3) is 0.444. The maximum Gasteiger partial charge on any atom is 0.326 e. The lowest BCUT2D eigenvalue weighted by molar-refractivity contribution is 0.229. The summed E-state index contributed by atoms with van der Waals surface area (Å²) in [7, 11) is 4.19. The number of benzene rings is 1. The number of anilines is 2. The van der Waals surface area contributed by atoms with E-state index in [4.69, 9.17) is 4.74 Å². The number of aliphatic imine (C=N–C) groups is 1. The third-order valence-electron chi connectivity index (χ3n) is 6.69. The highest BCUT2D eigenvalue weighted by molar-refractivity contribution is 6.05. The van der Waals surface area contributed by atoms with Gasteiger partial charge >= 0.3 is 6.01 Å². The van der Waals surface area contributed by atoms with Gasteiger partial charge in [-0.3, -0.25) is 9.89 Å². The molecular weight excluding hydrogens is 457 g/mol. The quantitative estimate of drug-likeness (QED) is 0.632. The summed E-state index contributed by atoms with van der Waals surface area (Å²) in [5.74, 6) is 1.84. The summed E-state index contributed by atoms with van der Waals surface area (Å²) in [6, 6.07) is 5.61. The zero-order chi connectivity index (χ0) is 25.2. The number of nitrogens with zero attached hydrogens (tertiary/aromatic N) is 6. The first-order chi connectivity index (χ1) is 17.3. The van der Waals surface area contributed by atoms with Crippen molar-refractivity contribution in [3.63, 3.8) is 0 Å². The Morgan fingerprint density at radius 1 is 1.06 bits per heavy atom. The van der Waals surface area contributed by atoms with Crippen molar-refractivity contribution < 1.29 is 9.13 Å². The van der Waals surface area contributed by atoms with Crippen molar-refractivity contribution in [2.45, 2.75) is 20.3 Å². The summed E-state index contributed by atoms with van der Waals surface area (Å²) in [6.07, 6.45) is 4.65. The predicted molar refractivity (Wildman–Crippen MR) is 143 cm³/mol. The van der Waals surface area contributed by atoms with Crippen LogP contribution < -0.4 is 15.0 Å². The lowest BCUT2D eigenvalue weighted by Gasteiger charge is -2.35. The molecule has 1 N–H and O–H groups in total. The number of allylic oxidation sites excluding steroid dienone is 1. The van der Waals surface area contributed by atoms with E-state index in [1.54, 1.807) is 6.07 Å². The Balaban J connectivity index is 1.38. The number of nitrogens with one attached hydrogen (secondary N) is 1. The standard InChI is InChI=1S/C27H34FN7O/c1-18-13-20-5-6-22(26(28)21(20)14-18)36-27-31-24(30-23-15-19(2)17-29-23)16-25(32-27)35-11-9-34(10-12-35)8-7-33(3)4/h5-6,14-16H,7-13,17H2,1-4H3,(H,29,30,31,32). The van der Waals surface area contributed by atoms with Gasteiger partial charge in [-0.05, 0) is 57.6 Å². The number of hydrogen-bond acceptors (Lipinski definition) is 8. The third-order valence-corrected chi connectivity index (χ3v) is 6.69. The monoisotopic (exact) mass is 491 g/mol. The topological polar surface area (TPSA) is 69.1 Å². The van der Waals surface area contributed by atoms with Gasteiger partial charge in [0.05, 0.1) is 6.54 Å². The summed E-state index contributed by atoms with van der Waals surface area (Å²) < 4.78 is 21.2. The Hall–Kier alpha value is -3.30. The van der Waals surface area contributed by atoms with Crippen LogP contribution in [0.3, 0.4) is 0 Å². The lowest BCUT2D eigenvalue weighted by atomic mass is 10.1. The second-order valence-electron chi connectivity index (χ2n) is 10.1. The van der Waals surface area contributed by atoms with Gasteiger partial charge in [-0.2, -0.15) is 9.97 Å². The highest BCUT2D eigenvalue weighted by Gasteiger charge is 2.22. The van der Waals surface area contributed by atoms with Crippen molar-refractivity contribution in [3.05, 3.63) is 52.4 Å². The molecule has 0 radical (unpaired) electrons. The fourth-order valence-corrected chi connectivity index (χ4v) is 4.67. The van der Waals surface area contributed by atoms with Crippen LogP contribution in [0.1, 0.15) is 25.0 Å². The van der Waals surface area contributed by atoms with Gasteiger partial charge in [0.15, 0.2) is 11.6 Å². The number of piperazine rings is 1. The zero-order valence-corrected chi connectivity index (χ0v) is 21.5.